The van der Waals surface area contributed by atoms with E-state index in [9.17, 15) is 4.79 Å². The second-order valence-corrected chi connectivity index (χ2v) is 5.07. The Balaban J connectivity index is 1.97. The Bertz CT molecular complexity index is 391. The van der Waals surface area contributed by atoms with Crippen LogP contribution in [0.5, 0.6) is 0 Å². The summed E-state index contributed by atoms with van der Waals surface area (Å²) in [5, 5.41) is 11.2. The summed E-state index contributed by atoms with van der Waals surface area (Å²) in [6.07, 6.45) is 6.55. The maximum atomic E-state index is 11.4. The molecule has 1 aromatic heterocycles. The highest BCUT2D eigenvalue weighted by Crippen LogP contribution is 2.14. The SMILES string of the molecule is CSCC(=O)NCc1nnc2n1CCCCC2. The largest absolute Gasteiger partial charge is 0.348 e. The van der Waals surface area contributed by atoms with Crippen LogP contribution in [0.4, 0.5) is 0 Å². The third-order valence-corrected chi connectivity index (χ3v) is 3.46. The summed E-state index contributed by atoms with van der Waals surface area (Å²) >= 11 is 1.52. The van der Waals surface area contributed by atoms with E-state index in [-0.39, 0.29) is 5.91 Å². The lowest BCUT2D eigenvalue weighted by molar-refractivity contribution is -0.118. The van der Waals surface area contributed by atoms with Gasteiger partial charge in [0.15, 0.2) is 5.82 Å². The van der Waals surface area contributed by atoms with Crippen LogP contribution >= 0.6 is 11.8 Å². The molecule has 1 amide bonds. The fraction of sp³-hybridized carbons (Fsp3) is 0.727. The number of thioether (sulfide) groups is 1. The van der Waals surface area contributed by atoms with E-state index < -0.39 is 0 Å². The van der Waals surface area contributed by atoms with Crippen molar-refractivity contribution in [2.75, 3.05) is 12.0 Å². The molecule has 94 valence electrons. The molecule has 2 heterocycles. The molecule has 0 unspecified atom stereocenters. The van der Waals surface area contributed by atoms with Crippen molar-refractivity contribution in [2.45, 2.75) is 38.8 Å². The molecule has 0 aliphatic carbocycles. The quantitative estimate of drug-likeness (QED) is 0.870. The molecule has 1 aromatic rings. The number of amides is 1. The minimum atomic E-state index is 0.0588. The molecule has 17 heavy (non-hydrogen) atoms. The fourth-order valence-electron chi connectivity index (χ4n) is 2.04. The van der Waals surface area contributed by atoms with Crippen molar-refractivity contribution in [3.05, 3.63) is 11.6 Å². The van der Waals surface area contributed by atoms with Gasteiger partial charge in [-0.2, -0.15) is 11.8 Å². The second kappa shape index (κ2) is 6.05. The minimum Gasteiger partial charge on any atom is -0.348 e. The van der Waals surface area contributed by atoms with E-state index in [1.807, 2.05) is 6.26 Å². The van der Waals surface area contributed by atoms with Crippen LogP contribution in [-0.2, 0) is 24.3 Å². The summed E-state index contributed by atoms with van der Waals surface area (Å²) in [6.45, 7) is 1.47. The van der Waals surface area contributed by atoms with E-state index >= 15 is 0 Å². The predicted molar refractivity (Wildman–Crippen MR) is 67.8 cm³/mol. The molecule has 1 N–H and O–H groups in total. The standard InChI is InChI=1S/C11H18N4OS/c1-17-8-11(16)12-7-10-14-13-9-5-3-2-4-6-15(9)10/h2-8H2,1H3,(H,12,16). The second-order valence-electron chi connectivity index (χ2n) is 4.20. The molecule has 1 aliphatic rings. The zero-order chi connectivity index (χ0) is 12.1. The molecule has 0 aromatic carbocycles. The number of carbonyl (C=O) groups is 1. The fourth-order valence-corrected chi connectivity index (χ4v) is 2.40. The summed E-state index contributed by atoms with van der Waals surface area (Å²) in [5.74, 6) is 2.51. The van der Waals surface area contributed by atoms with E-state index in [1.54, 1.807) is 0 Å². The lowest BCUT2D eigenvalue weighted by Crippen LogP contribution is -2.26. The van der Waals surface area contributed by atoms with Crippen molar-refractivity contribution in [1.29, 1.82) is 0 Å². The van der Waals surface area contributed by atoms with Gasteiger partial charge < -0.3 is 9.88 Å². The molecule has 0 atom stereocenters. The van der Waals surface area contributed by atoms with Crippen molar-refractivity contribution in [2.24, 2.45) is 0 Å². The maximum absolute atomic E-state index is 11.4. The van der Waals surface area contributed by atoms with Crippen LogP contribution in [0.3, 0.4) is 0 Å². The van der Waals surface area contributed by atoms with Crippen LogP contribution in [-0.4, -0.2) is 32.7 Å². The van der Waals surface area contributed by atoms with E-state index in [4.69, 9.17) is 0 Å². The van der Waals surface area contributed by atoms with Crippen molar-refractivity contribution < 1.29 is 4.79 Å². The van der Waals surface area contributed by atoms with Crippen molar-refractivity contribution in [3.63, 3.8) is 0 Å². The summed E-state index contributed by atoms with van der Waals surface area (Å²) in [5.41, 5.74) is 0. The van der Waals surface area contributed by atoms with Gasteiger partial charge in [0.2, 0.25) is 5.91 Å². The lowest BCUT2D eigenvalue weighted by Gasteiger charge is -2.07. The highest BCUT2D eigenvalue weighted by Gasteiger charge is 2.14. The Kier molecular flexibility index (Phi) is 4.42. The van der Waals surface area contributed by atoms with Gasteiger partial charge in [-0.3, -0.25) is 4.79 Å². The lowest BCUT2D eigenvalue weighted by atomic mass is 10.2. The number of aromatic nitrogens is 3. The average Bonchev–Trinajstić information content (AvgIpc) is 2.56. The number of fused-ring (bicyclic) bond motifs is 1. The van der Waals surface area contributed by atoms with Gasteiger partial charge in [0.05, 0.1) is 12.3 Å². The topological polar surface area (TPSA) is 59.8 Å². The first-order valence-electron chi connectivity index (χ1n) is 5.98. The molecule has 0 bridgehead atoms. The Hall–Kier alpha value is -1.04. The molecule has 0 radical (unpaired) electrons. The third-order valence-electron chi connectivity index (χ3n) is 2.91. The zero-order valence-electron chi connectivity index (χ0n) is 10.1. The number of rotatable bonds is 4. The maximum Gasteiger partial charge on any atom is 0.230 e. The van der Waals surface area contributed by atoms with Crippen molar-refractivity contribution in [1.82, 2.24) is 20.1 Å². The smallest absolute Gasteiger partial charge is 0.230 e. The molecule has 0 fully saturated rings. The minimum absolute atomic E-state index is 0.0588. The van der Waals surface area contributed by atoms with E-state index in [0.29, 0.717) is 12.3 Å². The molecule has 0 spiro atoms. The molecular formula is C11H18N4OS. The van der Waals surface area contributed by atoms with Gasteiger partial charge in [-0.15, -0.1) is 10.2 Å². The Morgan fingerprint density at radius 2 is 2.29 bits per heavy atom. The average molecular weight is 254 g/mol. The van der Waals surface area contributed by atoms with Crippen LogP contribution in [0.1, 0.15) is 30.9 Å². The highest BCUT2D eigenvalue weighted by atomic mass is 32.2. The molecule has 6 heteroatoms. The number of nitrogens with one attached hydrogen (secondary N) is 1. The third kappa shape index (κ3) is 3.21. The summed E-state index contributed by atoms with van der Waals surface area (Å²) in [6, 6.07) is 0. The number of aryl methyl sites for hydroxylation is 1. The van der Waals surface area contributed by atoms with E-state index in [1.165, 1.54) is 31.0 Å². The van der Waals surface area contributed by atoms with Gasteiger partial charge in [-0.05, 0) is 19.1 Å². The zero-order valence-corrected chi connectivity index (χ0v) is 10.9. The monoisotopic (exact) mass is 254 g/mol. The van der Waals surface area contributed by atoms with Gasteiger partial charge in [0.25, 0.3) is 0 Å². The molecular weight excluding hydrogens is 236 g/mol. The molecule has 0 saturated carbocycles. The van der Waals surface area contributed by atoms with Crippen molar-refractivity contribution >= 4 is 17.7 Å². The number of hydrogen-bond donors (Lipinski definition) is 1. The van der Waals surface area contributed by atoms with Crippen LogP contribution in [0, 0.1) is 0 Å². The first-order valence-corrected chi connectivity index (χ1v) is 7.37. The van der Waals surface area contributed by atoms with Crippen LogP contribution in [0.2, 0.25) is 0 Å². The predicted octanol–water partition coefficient (Wildman–Crippen LogP) is 0.984. The van der Waals surface area contributed by atoms with Crippen LogP contribution in [0.15, 0.2) is 0 Å². The summed E-state index contributed by atoms with van der Waals surface area (Å²) < 4.78 is 2.16. The van der Waals surface area contributed by atoms with Crippen molar-refractivity contribution in [3.8, 4) is 0 Å². The highest BCUT2D eigenvalue weighted by molar-refractivity contribution is 7.99. The summed E-state index contributed by atoms with van der Waals surface area (Å²) in [7, 11) is 0. The molecule has 1 aliphatic heterocycles. The number of nitrogens with zero attached hydrogens (tertiary/aromatic N) is 3. The summed E-state index contributed by atoms with van der Waals surface area (Å²) in [4.78, 5) is 11.4. The van der Waals surface area contributed by atoms with Gasteiger partial charge in [0.1, 0.15) is 5.82 Å². The van der Waals surface area contributed by atoms with Crippen LogP contribution < -0.4 is 5.32 Å². The number of hydrogen-bond acceptors (Lipinski definition) is 4. The van der Waals surface area contributed by atoms with Gasteiger partial charge in [-0.25, -0.2) is 0 Å². The molecule has 2 rings (SSSR count). The Labute approximate surface area is 105 Å². The molecule has 0 saturated heterocycles. The Morgan fingerprint density at radius 1 is 1.41 bits per heavy atom. The Morgan fingerprint density at radius 3 is 3.12 bits per heavy atom. The molecule has 5 nitrogen and oxygen atoms in total. The van der Waals surface area contributed by atoms with Gasteiger partial charge in [-0.1, -0.05) is 6.42 Å². The van der Waals surface area contributed by atoms with Gasteiger partial charge >= 0.3 is 0 Å². The first-order chi connectivity index (χ1) is 8.31. The van der Waals surface area contributed by atoms with E-state index in [2.05, 4.69) is 20.1 Å². The number of carbonyl (C=O) groups excluding carboxylic acids is 1. The van der Waals surface area contributed by atoms with E-state index in [0.717, 1.165) is 24.6 Å². The first kappa shape index (κ1) is 12.4. The normalized spacial score (nSPS) is 15.1. The van der Waals surface area contributed by atoms with Crippen LogP contribution in [0.25, 0.3) is 0 Å². The van der Waals surface area contributed by atoms with Gasteiger partial charge in [0, 0.05) is 13.0 Å².